The van der Waals surface area contributed by atoms with Crippen molar-refractivity contribution in [2.45, 2.75) is 26.6 Å². The van der Waals surface area contributed by atoms with Crippen molar-refractivity contribution in [3.63, 3.8) is 0 Å². The maximum absolute atomic E-state index is 12.2. The summed E-state index contributed by atoms with van der Waals surface area (Å²) in [5, 5.41) is 2.76. The van der Waals surface area contributed by atoms with Crippen LogP contribution in [0, 0.1) is 13.8 Å². The third kappa shape index (κ3) is 5.26. The number of alkyl halides is 3. The van der Waals surface area contributed by atoms with Gasteiger partial charge in [-0.3, -0.25) is 9.78 Å². The average Bonchev–Trinajstić information content (AvgIpc) is 2.50. The van der Waals surface area contributed by atoms with Crippen molar-refractivity contribution in [1.82, 2.24) is 10.3 Å². The van der Waals surface area contributed by atoms with Crippen molar-refractivity contribution >= 4 is 5.91 Å². The van der Waals surface area contributed by atoms with Gasteiger partial charge in [0.1, 0.15) is 5.75 Å². The van der Waals surface area contributed by atoms with Crippen LogP contribution >= 0.6 is 0 Å². The van der Waals surface area contributed by atoms with E-state index in [9.17, 15) is 18.0 Å². The quantitative estimate of drug-likeness (QED) is 0.907. The first-order valence-corrected chi connectivity index (χ1v) is 7.24. The number of amides is 1. The fraction of sp³-hybridized carbons (Fsp3) is 0.294. The molecule has 7 heteroatoms. The van der Waals surface area contributed by atoms with Gasteiger partial charge in [0.2, 0.25) is 0 Å². The number of hydrogen-bond acceptors (Lipinski definition) is 3. The number of aromatic nitrogens is 1. The summed E-state index contributed by atoms with van der Waals surface area (Å²) in [6.07, 6.45) is -2.82. The summed E-state index contributed by atoms with van der Waals surface area (Å²) < 4.78 is 41.3. The molecule has 24 heavy (non-hydrogen) atoms. The predicted octanol–water partition coefficient (Wildman–Crippen LogP) is 3.57. The van der Waals surface area contributed by atoms with E-state index >= 15 is 0 Å². The van der Waals surface area contributed by atoms with Crippen LogP contribution in [0.2, 0.25) is 0 Å². The zero-order valence-electron chi connectivity index (χ0n) is 13.3. The lowest BCUT2D eigenvalue weighted by atomic mass is 10.1. The third-order valence-electron chi connectivity index (χ3n) is 3.24. The highest BCUT2D eigenvalue weighted by Gasteiger charge is 2.28. The van der Waals surface area contributed by atoms with Crippen molar-refractivity contribution in [2.24, 2.45) is 0 Å². The molecule has 0 saturated heterocycles. The molecule has 0 aliphatic rings. The number of pyridine rings is 1. The second kappa shape index (κ2) is 7.33. The molecule has 0 unspecified atom stereocenters. The number of nitrogens with one attached hydrogen (secondary N) is 1. The van der Waals surface area contributed by atoms with Gasteiger partial charge in [0.15, 0.2) is 6.61 Å². The molecular weight excluding hydrogens is 321 g/mol. The lowest BCUT2D eigenvalue weighted by Gasteiger charge is -2.13. The summed E-state index contributed by atoms with van der Waals surface area (Å²) in [6, 6.07) is 8.07. The Morgan fingerprint density at radius 3 is 2.58 bits per heavy atom. The van der Waals surface area contributed by atoms with Crippen molar-refractivity contribution in [3.8, 4) is 5.75 Å². The van der Waals surface area contributed by atoms with Gasteiger partial charge < -0.3 is 10.1 Å². The molecule has 0 atom stereocenters. The topological polar surface area (TPSA) is 51.2 Å². The standard InChI is InChI=1S/C17H17F3N2O2/c1-11-7-13(3-4-15(11)24-10-17(18,19)20)9-22-16(23)14-5-6-21-12(2)8-14/h3-8H,9-10H2,1-2H3,(H,22,23). The monoisotopic (exact) mass is 338 g/mol. The zero-order valence-corrected chi connectivity index (χ0v) is 13.3. The SMILES string of the molecule is Cc1cc(C(=O)NCc2ccc(OCC(F)(F)F)c(C)c2)ccn1. The molecule has 0 saturated carbocycles. The van der Waals surface area contributed by atoms with Crippen molar-refractivity contribution in [2.75, 3.05) is 6.61 Å². The molecule has 4 nitrogen and oxygen atoms in total. The minimum Gasteiger partial charge on any atom is -0.484 e. The largest absolute Gasteiger partial charge is 0.484 e. The fourth-order valence-electron chi connectivity index (χ4n) is 2.11. The lowest BCUT2D eigenvalue weighted by molar-refractivity contribution is -0.153. The van der Waals surface area contributed by atoms with E-state index in [1.807, 2.05) is 0 Å². The minimum atomic E-state index is -4.37. The summed E-state index contributed by atoms with van der Waals surface area (Å²) in [7, 11) is 0. The highest BCUT2D eigenvalue weighted by atomic mass is 19.4. The molecule has 128 valence electrons. The van der Waals surface area contributed by atoms with Crippen LogP contribution in [0.1, 0.15) is 27.2 Å². The maximum atomic E-state index is 12.2. The average molecular weight is 338 g/mol. The van der Waals surface area contributed by atoms with Crippen LogP contribution in [0.4, 0.5) is 13.2 Å². The summed E-state index contributed by atoms with van der Waals surface area (Å²) in [5.74, 6) is -0.0669. The van der Waals surface area contributed by atoms with Gasteiger partial charge in [-0.05, 0) is 43.2 Å². The Kier molecular flexibility index (Phi) is 5.43. The van der Waals surface area contributed by atoms with Crippen LogP contribution in [-0.2, 0) is 6.54 Å². The maximum Gasteiger partial charge on any atom is 0.422 e. The van der Waals surface area contributed by atoms with E-state index in [1.54, 1.807) is 44.3 Å². The van der Waals surface area contributed by atoms with Gasteiger partial charge in [0, 0.05) is 24.0 Å². The van der Waals surface area contributed by atoms with E-state index in [4.69, 9.17) is 4.74 Å². The molecule has 2 aromatic rings. The van der Waals surface area contributed by atoms with Gasteiger partial charge in [-0.1, -0.05) is 12.1 Å². The Morgan fingerprint density at radius 1 is 1.21 bits per heavy atom. The highest BCUT2D eigenvalue weighted by Crippen LogP contribution is 2.22. The number of aryl methyl sites for hydroxylation is 2. The Bertz CT molecular complexity index is 730. The van der Waals surface area contributed by atoms with E-state index in [0.717, 1.165) is 11.3 Å². The molecule has 0 radical (unpaired) electrons. The van der Waals surface area contributed by atoms with E-state index in [2.05, 4.69) is 10.3 Å². The normalized spacial score (nSPS) is 11.2. The number of ether oxygens (including phenoxy) is 1. The van der Waals surface area contributed by atoms with Gasteiger partial charge in [0.05, 0.1) is 0 Å². The van der Waals surface area contributed by atoms with E-state index < -0.39 is 12.8 Å². The Morgan fingerprint density at radius 2 is 1.96 bits per heavy atom. The number of hydrogen-bond donors (Lipinski definition) is 1. The molecule has 0 spiro atoms. The van der Waals surface area contributed by atoms with Crippen molar-refractivity contribution in [1.29, 1.82) is 0 Å². The molecule has 2 rings (SSSR count). The van der Waals surface area contributed by atoms with E-state index in [1.165, 1.54) is 6.07 Å². The number of carbonyl (C=O) groups is 1. The lowest BCUT2D eigenvalue weighted by Crippen LogP contribution is -2.23. The first kappa shape index (κ1) is 17.8. The van der Waals surface area contributed by atoms with Gasteiger partial charge >= 0.3 is 6.18 Å². The van der Waals surface area contributed by atoms with Crippen LogP contribution in [-0.4, -0.2) is 23.7 Å². The summed E-state index contributed by atoms with van der Waals surface area (Å²) in [4.78, 5) is 16.1. The molecule has 1 aromatic carbocycles. The van der Waals surface area contributed by atoms with Crippen LogP contribution in [0.3, 0.4) is 0 Å². The number of rotatable bonds is 5. The van der Waals surface area contributed by atoms with Crippen LogP contribution in [0.15, 0.2) is 36.5 Å². The van der Waals surface area contributed by atoms with Gasteiger partial charge in [0.25, 0.3) is 5.91 Å². The van der Waals surface area contributed by atoms with Crippen molar-refractivity contribution in [3.05, 3.63) is 58.9 Å². The fourth-order valence-corrected chi connectivity index (χ4v) is 2.11. The highest BCUT2D eigenvalue weighted by molar-refractivity contribution is 5.94. The molecule has 1 aromatic heterocycles. The molecule has 0 aliphatic carbocycles. The molecule has 0 aliphatic heterocycles. The number of carbonyl (C=O) groups excluding carboxylic acids is 1. The molecule has 1 N–H and O–H groups in total. The Labute approximate surface area is 137 Å². The van der Waals surface area contributed by atoms with Gasteiger partial charge in [-0.15, -0.1) is 0 Å². The Hall–Kier alpha value is -2.57. The second-order valence-electron chi connectivity index (χ2n) is 5.37. The van der Waals surface area contributed by atoms with Gasteiger partial charge in [-0.2, -0.15) is 13.2 Å². The molecule has 1 heterocycles. The van der Waals surface area contributed by atoms with Crippen LogP contribution in [0.5, 0.6) is 5.75 Å². The summed E-state index contributed by atoms with van der Waals surface area (Å²) in [5.41, 5.74) is 2.59. The van der Waals surface area contributed by atoms with E-state index in [-0.39, 0.29) is 18.2 Å². The molecule has 0 bridgehead atoms. The third-order valence-corrected chi connectivity index (χ3v) is 3.24. The summed E-state index contributed by atoms with van der Waals surface area (Å²) in [6.45, 7) is 2.38. The Balaban J connectivity index is 1.96. The van der Waals surface area contributed by atoms with Crippen LogP contribution < -0.4 is 10.1 Å². The van der Waals surface area contributed by atoms with E-state index in [0.29, 0.717) is 11.1 Å². The van der Waals surface area contributed by atoms with Crippen molar-refractivity contribution < 1.29 is 22.7 Å². The number of benzene rings is 1. The first-order valence-electron chi connectivity index (χ1n) is 7.24. The molecule has 1 amide bonds. The summed E-state index contributed by atoms with van der Waals surface area (Å²) >= 11 is 0. The van der Waals surface area contributed by atoms with Crippen LogP contribution in [0.25, 0.3) is 0 Å². The number of halogens is 3. The second-order valence-corrected chi connectivity index (χ2v) is 5.37. The minimum absolute atomic E-state index is 0.173. The first-order chi connectivity index (χ1) is 11.2. The molecule has 0 fully saturated rings. The zero-order chi connectivity index (χ0) is 17.7. The predicted molar refractivity (Wildman–Crippen MR) is 82.9 cm³/mol. The number of nitrogens with zero attached hydrogens (tertiary/aromatic N) is 1. The van der Waals surface area contributed by atoms with Gasteiger partial charge in [-0.25, -0.2) is 0 Å². The molecular formula is C17H17F3N2O2. The smallest absolute Gasteiger partial charge is 0.422 e.